The zero-order valence-corrected chi connectivity index (χ0v) is 21.9. The third kappa shape index (κ3) is 6.12. The number of rotatable bonds is 8. The first kappa shape index (κ1) is 26.9. The van der Waals surface area contributed by atoms with E-state index in [4.69, 9.17) is 4.74 Å². The predicted octanol–water partition coefficient (Wildman–Crippen LogP) is 0.332. The molecule has 0 aliphatic carbocycles. The number of likely N-dealkylation sites (N-methyl/N-ethyl adjacent to an activating group) is 1. The third-order valence-corrected chi connectivity index (χ3v) is 8.42. The first-order chi connectivity index (χ1) is 16.2. The number of ether oxygens (including phenoxy) is 1. The average molecular weight is 530 g/mol. The molecule has 0 bridgehead atoms. The number of carbonyl (C=O) groups excluding carboxylic acids is 1. The van der Waals surface area contributed by atoms with Crippen molar-refractivity contribution in [1.29, 1.82) is 0 Å². The Morgan fingerprint density at radius 2 is 2.00 bits per heavy atom. The number of hydrogen-bond acceptors (Lipinski definition) is 8. The van der Waals surface area contributed by atoms with Crippen molar-refractivity contribution in [3.8, 4) is 5.75 Å². The number of anilines is 1. The van der Waals surface area contributed by atoms with E-state index in [-0.39, 0.29) is 47.6 Å². The van der Waals surface area contributed by atoms with Crippen LogP contribution in [0.1, 0.15) is 24.2 Å². The van der Waals surface area contributed by atoms with Crippen LogP contribution in [-0.4, -0.2) is 91.8 Å². The zero-order chi connectivity index (χ0) is 26.1. The van der Waals surface area contributed by atoms with Crippen LogP contribution >= 0.6 is 0 Å². The van der Waals surface area contributed by atoms with Gasteiger partial charge in [0.15, 0.2) is 5.03 Å². The van der Waals surface area contributed by atoms with Gasteiger partial charge in [0, 0.05) is 38.4 Å². The monoisotopic (exact) mass is 529 g/mol. The summed E-state index contributed by atoms with van der Waals surface area (Å²) in [5, 5.41) is 9.56. The van der Waals surface area contributed by atoms with Gasteiger partial charge >= 0.3 is 0 Å². The third-order valence-electron chi connectivity index (χ3n) is 5.88. The summed E-state index contributed by atoms with van der Waals surface area (Å²) in [7, 11) is -4.39. The fraction of sp³-hybridized carbons (Fsp3) is 0.524. The molecule has 35 heavy (non-hydrogen) atoms. The molecule has 0 radical (unpaired) electrons. The van der Waals surface area contributed by atoms with Crippen molar-refractivity contribution in [3.63, 3.8) is 0 Å². The van der Waals surface area contributed by atoms with Crippen molar-refractivity contribution in [2.24, 2.45) is 13.0 Å². The van der Waals surface area contributed by atoms with Gasteiger partial charge in [-0.05, 0) is 25.1 Å². The first-order valence-electron chi connectivity index (χ1n) is 10.9. The number of nitrogens with zero attached hydrogens (tertiary/aromatic N) is 4. The van der Waals surface area contributed by atoms with E-state index >= 15 is 0 Å². The molecule has 3 rings (SSSR count). The Bertz CT molecular complexity index is 1290. The lowest BCUT2D eigenvalue weighted by Gasteiger charge is -2.38. The second-order valence-corrected chi connectivity index (χ2v) is 12.6. The summed E-state index contributed by atoms with van der Waals surface area (Å²) in [6, 6.07) is 3.76. The van der Waals surface area contributed by atoms with E-state index in [0.29, 0.717) is 0 Å². The van der Waals surface area contributed by atoms with Gasteiger partial charge in [0.25, 0.3) is 15.9 Å². The minimum atomic E-state index is -4.00. The van der Waals surface area contributed by atoms with Gasteiger partial charge < -0.3 is 19.3 Å². The molecule has 0 unspecified atom stereocenters. The summed E-state index contributed by atoms with van der Waals surface area (Å²) >= 11 is 0. The van der Waals surface area contributed by atoms with E-state index in [1.807, 2.05) is 6.92 Å². The number of hydrogen-bond donors (Lipinski definition) is 2. The van der Waals surface area contributed by atoms with Crippen molar-refractivity contribution in [2.75, 3.05) is 37.7 Å². The highest BCUT2D eigenvalue weighted by Gasteiger charge is 2.34. The molecule has 1 aliphatic rings. The number of nitrogens with one attached hydrogen (secondary N) is 1. The molecule has 194 valence electrons. The average Bonchev–Trinajstić information content (AvgIpc) is 3.22. The molecular formula is C21H31N5O7S2. The van der Waals surface area contributed by atoms with Crippen molar-refractivity contribution in [2.45, 2.75) is 31.0 Å². The SMILES string of the molecule is C[C@H]1CN([C@@H](C)CO)C(=O)c2cc(NS(=O)(=O)c3cn(C)cn3)ccc2O[C@H]1CN(C)S(C)(=O)=O. The van der Waals surface area contributed by atoms with Crippen molar-refractivity contribution in [1.82, 2.24) is 18.8 Å². The summed E-state index contributed by atoms with van der Waals surface area (Å²) < 4.78 is 60.6. The number of imidazole rings is 1. The maximum atomic E-state index is 13.5. The summed E-state index contributed by atoms with van der Waals surface area (Å²) in [6.07, 6.45) is 3.19. The molecule has 0 saturated carbocycles. The van der Waals surface area contributed by atoms with Crippen LogP contribution in [0.5, 0.6) is 5.75 Å². The Morgan fingerprint density at radius 1 is 1.31 bits per heavy atom. The van der Waals surface area contributed by atoms with Crippen LogP contribution in [0.3, 0.4) is 0 Å². The number of carbonyl (C=O) groups is 1. The van der Waals surface area contributed by atoms with Crippen molar-refractivity contribution in [3.05, 3.63) is 36.3 Å². The molecule has 0 spiro atoms. The van der Waals surface area contributed by atoms with Crippen LogP contribution in [0, 0.1) is 5.92 Å². The number of sulfonamides is 2. The van der Waals surface area contributed by atoms with Crippen LogP contribution in [0.15, 0.2) is 35.7 Å². The Kier molecular flexibility index (Phi) is 7.79. The summed E-state index contributed by atoms with van der Waals surface area (Å²) in [6.45, 7) is 3.49. The van der Waals surface area contributed by atoms with E-state index < -0.39 is 38.1 Å². The number of fused-ring (bicyclic) bond motifs is 1. The molecule has 2 N–H and O–H groups in total. The van der Waals surface area contributed by atoms with E-state index in [0.717, 1.165) is 6.26 Å². The largest absolute Gasteiger partial charge is 0.488 e. The fourth-order valence-corrected chi connectivity index (χ4v) is 5.08. The minimum absolute atomic E-state index is 0.0447. The van der Waals surface area contributed by atoms with Crippen molar-refractivity contribution < 1.29 is 31.5 Å². The van der Waals surface area contributed by atoms with Gasteiger partial charge in [0.2, 0.25) is 10.0 Å². The molecule has 2 aromatic rings. The van der Waals surface area contributed by atoms with E-state index in [1.54, 1.807) is 14.0 Å². The molecule has 1 aromatic heterocycles. The summed E-state index contributed by atoms with van der Waals surface area (Å²) in [5.41, 5.74) is 0.215. The Hall–Kier alpha value is -2.68. The Morgan fingerprint density at radius 3 is 2.57 bits per heavy atom. The number of aromatic nitrogens is 2. The van der Waals surface area contributed by atoms with Gasteiger partial charge in [-0.1, -0.05) is 6.92 Å². The van der Waals surface area contributed by atoms with Crippen LogP contribution in [0.2, 0.25) is 0 Å². The molecule has 0 saturated heterocycles. The maximum absolute atomic E-state index is 13.5. The molecule has 0 fully saturated rings. The molecule has 12 nitrogen and oxygen atoms in total. The summed E-state index contributed by atoms with van der Waals surface area (Å²) in [4.78, 5) is 18.8. The van der Waals surface area contributed by atoms with Gasteiger partial charge in [-0.2, -0.15) is 8.42 Å². The van der Waals surface area contributed by atoms with Gasteiger partial charge in [0.1, 0.15) is 11.9 Å². The normalized spacial score (nSPS) is 20.1. The smallest absolute Gasteiger partial charge is 0.280 e. The lowest BCUT2D eigenvalue weighted by molar-refractivity contribution is 0.0387. The molecule has 1 aromatic carbocycles. The second-order valence-electron chi connectivity index (χ2n) is 8.86. The highest BCUT2D eigenvalue weighted by Crippen LogP contribution is 2.31. The number of aryl methyl sites for hydroxylation is 1. The van der Waals surface area contributed by atoms with E-state index in [9.17, 15) is 26.7 Å². The van der Waals surface area contributed by atoms with Crippen LogP contribution < -0.4 is 9.46 Å². The molecule has 14 heteroatoms. The number of aliphatic hydroxyl groups is 1. The second kappa shape index (κ2) is 10.1. The van der Waals surface area contributed by atoms with E-state index in [2.05, 4.69) is 9.71 Å². The fourth-order valence-electron chi connectivity index (χ4n) is 3.63. The number of benzene rings is 1. The van der Waals surface area contributed by atoms with Crippen LogP contribution in [0.4, 0.5) is 5.69 Å². The Balaban J connectivity index is 2.01. The Labute approximate surface area is 205 Å². The highest BCUT2D eigenvalue weighted by atomic mass is 32.2. The van der Waals surface area contributed by atoms with Crippen LogP contribution in [0.25, 0.3) is 0 Å². The molecule has 3 atom stereocenters. The van der Waals surface area contributed by atoms with Gasteiger partial charge in [0.05, 0.1) is 37.3 Å². The maximum Gasteiger partial charge on any atom is 0.280 e. The molecule has 1 amide bonds. The topological polar surface area (TPSA) is 151 Å². The van der Waals surface area contributed by atoms with E-state index in [1.165, 1.54) is 51.5 Å². The standard InChI is InChI=1S/C21H31N5O7S2/c1-14-9-26(15(2)12-27)21(28)17-8-16(23-35(31,32)20-11-24(3)13-22-20)6-7-18(17)33-19(14)10-25(4)34(5,29)30/h6-8,11,13-15,19,23,27H,9-10,12H2,1-5H3/t14-,15-,19-/m0/s1. The lowest BCUT2D eigenvalue weighted by atomic mass is 9.99. The van der Waals surface area contributed by atoms with Gasteiger partial charge in [-0.15, -0.1) is 0 Å². The summed E-state index contributed by atoms with van der Waals surface area (Å²) in [5.74, 6) is -0.529. The number of aliphatic hydroxyl groups excluding tert-OH is 1. The number of amides is 1. The predicted molar refractivity (Wildman–Crippen MR) is 129 cm³/mol. The zero-order valence-electron chi connectivity index (χ0n) is 20.2. The molecule has 1 aliphatic heterocycles. The molecular weight excluding hydrogens is 498 g/mol. The highest BCUT2D eigenvalue weighted by molar-refractivity contribution is 7.92. The minimum Gasteiger partial charge on any atom is -0.488 e. The van der Waals surface area contributed by atoms with Crippen LogP contribution in [-0.2, 0) is 27.1 Å². The first-order valence-corrected chi connectivity index (χ1v) is 14.2. The van der Waals surface area contributed by atoms with Crippen molar-refractivity contribution >= 4 is 31.6 Å². The quantitative estimate of drug-likeness (QED) is 0.497. The lowest BCUT2D eigenvalue weighted by Crippen LogP contribution is -2.50. The van der Waals surface area contributed by atoms with Gasteiger partial charge in [-0.3, -0.25) is 9.52 Å². The molecule has 2 heterocycles. The van der Waals surface area contributed by atoms with Gasteiger partial charge in [-0.25, -0.2) is 17.7 Å².